The molecule has 2 saturated heterocycles. The summed E-state index contributed by atoms with van der Waals surface area (Å²) in [6.45, 7) is 1.24. The Hall–Kier alpha value is -1.95. The van der Waals surface area contributed by atoms with Gasteiger partial charge in [0.15, 0.2) is 0 Å². The molecule has 0 aromatic heterocycles. The lowest BCUT2D eigenvalue weighted by Gasteiger charge is -2.47. The predicted molar refractivity (Wildman–Crippen MR) is 89.2 cm³/mol. The molecule has 134 valence electrons. The Labute approximate surface area is 146 Å². The SMILES string of the molecule is O=C(N1CC[C@@H](O)[C@@]2(CCCNC2=O)C1)C1(c2ccccc2F)CC1. The minimum absolute atomic E-state index is 0.109. The van der Waals surface area contributed by atoms with Crippen molar-refractivity contribution in [1.82, 2.24) is 10.2 Å². The van der Waals surface area contributed by atoms with Crippen LogP contribution in [-0.2, 0) is 15.0 Å². The molecule has 5 nitrogen and oxygen atoms in total. The number of carbonyl (C=O) groups is 2. The molecule has 2 N–H and O–H groups in total. The number of nitrogens with zero attached hydrogens (tertiary/aromatic N) is 1. The van der Waals surface area contributed by atoms with E-state index in [0.717, 1.165) is 6.42 Å². The first kappa shape index (κ1) is 16.5. The molecule has 1 aromatic carbocycles. The number of aliphatic hydroxyl groups excluding tert-OH is 1. The molecule has 25 heavy (non-hydrogen) atoms. The number of rotatable bonds is 2. The van der Waals surface area contributed by atoms with E-state index in [4.69, 9.17) is 0 Å². The zero-order valence-corrected chi connectivity index (χ0v) is 14.1. The highest BCUT2D eigenvalue weighted by molar-refractivity contribution is 5.92. The van der Waals surface area contributed by atoms with Gasteiger partial charge in [-0.15, -0.1) is 0 Å². The molecular weight excluding hydrogens is 323 g/mol. The van der Waals surface area contributed by atoms with Crippen molar-refractivity contribution >= 4 is 11.8 Å². The van der Waals surface area contributed by atoms with Crippen molar-refractivity contribution in [3.8, 4) is 0 Å². The molecule has 0 radical (unpaired) electrons. The van der Waals surface area contributed by atoms with Gasteiger partial charge in [0.1, 0.15) is 5.82 Å². The summed E-state index contributed by atoms with van der Waals surface area (Å²) in [7, 11) is 0. The van der Waals surface area contributed by atoms with Crippen LogP contribution in [0.4, 0.5) is 4.39 Å². The van der Waals surface area contributed by atoms with Crippen LogP contribution in [0, 0.1) is 11.2 Å². The molecule has 6 heteroatoms. The molecule has 3 fully saturated rings. The molecule has 2 heterocycles. The second-order valence-electron chi connectivity index (χ2n) is 7.61. The highest BCUT2D eigenvalue weighted by atomic mass is 19.1. The number of hydrogen-bond donors (Lipinski definition) is 2. The van der Waals surface area contributed by atoms with E-state index in [2.05, 4.69) is 5.32 Å². The highest BCUT2D eigenvalue weighted by Gasteiger charge is 2.57. The van der Waals surface area contributed by atoms with Gasteiger partial charge in [-0.1, -0.05) is 18.2 Å². The lowest BCUT2D eigenvalue weighted by Crippen LogP contribution is -2.63. The van der Waals surface area contributed by atoms with Gasteiger partial charge in [-0.3, -0.25) is 9.59 Å². The van der Waals surface area contributed by atoms with Crippen molar-refractivity contribution in [3.63, 3.8) is 0 Å². The van der Waals surface area contributed by atoms with E-state index >= 15 is 0 Å². The van der Waals surface area contributed by atoms with Crippen LogP contribution in [0.15, 0.2) is 24.3 Å². The van der Waals surface area contributed by atoms with Crippen LogP contribution in [0.5, 0.6) is 0 Å². The Morgan fingerprint density at radius 2 is 2.04 bits per heavy atom. The van der Waals surface area contributed by atoms with Crippen LogP contribution in [0.3, 0.4) is 0 Å². The predicted octanol–water partition coefficient (Wildman–Crippen LogP) is 1.35. The van der Waals surface area contributed by atoms with Crippen molar-refractivity contribution in [3.05, 3.63) is 35.6 Å². The third-order valence-electron chi connectivity index (χ3n) is 6.16. The van der Waals surface area contributed by atoms with Gasteiger partial charge in [0.25, 0.3) is 0 Å². The molecular formula is C19H23FN2O3. The van der Waals surface area contributed by atoms with Gasteiger partial charge >= 0.3 is 0 Å². The van der Waals surface area contributed by atoms with E-state index in [1.54, 1.807) is 23.1 Å². The first-order chi connectivity index (χ1) is 12.0. The minimum atomic E-state index is -0.919. The smallest absolute Gasteiger partial charge is 0.233 e. The van der Waals surface area contributed by atoms with Gasteiger partial charge in [-0.2, -0.15) is 0 Å². The third kappa shape index (κ3) is 2.46. The molecule has 2 aliphatic heterocycles. The monoisotopic (exact) mass is 346 g/mol. The van der Waals surface area contributed by atoms with E-state index in [9.17, 15) is 19.1 Å². The highest BCUT2D eigenvalue weighted by Crippen LogP contribution is 2.51. The number of benzene rings is 1. The minimum Gasteiger partial charge on any atom is -0.392 e. The summed E-state index contributed by atoms with van der Waals surface area (Å²) < 4.78 is 14.3. The number of carbonyl (C=O) groups excluding carboxylic acids is 2. The van der Waals surface area contributed by atoms with Gasteiger partial charge in [0.2, 0.25) is 11.8 Å². The number of aliphatic hydroxyl groups is 1. The van der Waals surface area contributed by atoms with Crippen molar-refractivity contribution in [1.29, 1.82) is 0 Å². The first-order valence-electron chi connectivity index (χ1n) is 9.00. The quantitative estimate of drug-likeness (QED) is 0.849. The van der Waals surface area contributed by atoms with Crippen LogP contribution in [0.25, 0.3) is 0 Å². The standard InChI is InChI=1S/C19H23FN2O3/c20-14-5-2-1-4-13(14)18(8-9-18)17(25)22-11-6-15(23)19(12-22)7-3-10-21-16(19)24/h1-2,4-5,15,23H,3,6-12H2,(H,21,24)/t15-,19-/m1/s1. The fraction of sp³-hybridized carbons (Fsp3) is 0.579. The number of nitrogens with one attached hydrogen (secondary N) is 1. The molecule has 3 aliphatic rings. The lowest BCUT2D eigenvalue weighted by atomic mass is 9.71. The lowest BCUT2D eigenvalue weighted by molar-refractivity contribution is -0.155. The van der Waals surface area contributed by atoms with Crippen molar-refractivity contribution in [2.24, 2.45) is 5.41 Å². The number of hydrogen-bond acceptors (Lipinski definition) is 3. The maximum Gasteiger partial charge on any atom is 0.233 e. The molecule has 2 atom stereocenters. The van der Waals surface area contributed by atoms with Gasteiger partial charge in [0.05, 0.1) is 16.9 Å². The molecule has 1 aliphatic carbocycles. The van der Waals surface area contributed by atoms with Gasteiger partial charge in [0, 0.05) is 25.2 Å². The van der Waals surface area contributed by atoms with E-state index in [1.165, 1.54) is 6.07 Å². The maximum atomic E-state index is 14.3. The number of amides is 2. The molecule has 1 aromatic rings. The van der Waals surface area contributed by atoms with Crippen LogP contribution < -0.4 is 5.32 Å². The maximum absolute atomic E-state index is 14.3. The topological polar surface area (TPSA) is 69.6 Å². The van der Waals surface area contributed by atoms with E-state index in [-0.39, 0.29) is 24.2 Å². The molecule has 2 amide bonds. The van der Waals surface area contributed by atoms with E-state index in [0.29, 0.717) is 44.3 Å². The summed E-state index contributed by atoms with van der Waals surface area (Å²) >= 11 is 0. The third-order valence-corrected chi connectivity index (χ3v) is 6.16. The number of piperidine rings is 2. The van der Waals surface area contributed by atoms with Crippen molar-refractivity contribution in [2.75, 3.05) is 19.6 Å². The summed E-state index contributed by atoms with van der Waals surface area (Å²) in [4.78, 5) is 27.4. The summed E-state index contributed by atoms with van der Waals surface area (Å²) in [5, 5.41) is 13.3. The van der Waals surface area contributed by atoms with Gasteiger partial charge < -0.3 is 15.3 Å². The number of halogens is 1. The van der Waals surface area contributed by atoms with E-state index in [1.807, 2.05) is 0 Å². The second-order valence-corrected chi connectivity index (χ2v) is 7.61. The van der Waals surface area contributed by atoms with Crippen molar-refractivity contribution < 1.29 is 19.1 Å². The average molecular weight is 346 g/mol. The summed E-state index contributed by atoms with van der Waals surface area (Å²) in [6, 6.07) is 6.45. The average Bonchev–Trinajstić information content (AvgIpc) is 3.41. The van der Waals surface area contributed by atoms with Gasteiger partial charge in [-0.25, -0.2) is 4.39 Å². The van der Waals surface area contributed by atoms with E-state index < -0.39 is 16.9 Å². The normalized spacial score (nSPS) is 30.9. The van der Waals surface area contributed by atoms with Crippen molar-refractivity contribution in [2.45, 2.75) is 43.6 Å². The Morgan fingerprint density at radius 3 is 2.72 bits per heavy atom. The Bertz CT molecular complexity index is 718. The van der Waals surface area contributed by atoms with Gasteiger partial charge in [-0.05, 0) is 38.2 Å². The first-order valence-corrected chi connectivity index (χ1v) is 9.00. The molecule has 0 unspecified atom stereocenters. The van der Waals surface area contributed by atoms with Crippen LogP contribution in [-0.4, -0.2) is 47.6 Å². The summed E-state index contributed by atoms with van der Waals surface area (Å²) in [5.41, 5.74) is -1.26. The fourth-order valence-corrected chi connectivity index (χ4v) is 4.49. The molecule has 1 spiro atoms. The summed E-state index contributed by atoms with van der Waals surface area (Å²) in [5.74, 6) is -0.628. The van der Waals surface area contributed by atoms with Crippen LogP contribution in [0.1, 0.15) is 37.7 Å². The Balaban J connectivity index is 1.61. The zero-order chi connectivity index (χ0) is 17.7. The fourth-order valence-electron chi connectivity index (χ4n) is 4.49. The molecule has 0 bridgehead atoms. The zero-order valence-electron chi connectivity index (χ0n) is 14.1. The molecule has 4 rings (SSSR count). The second kappa shape index (κ2) is 5.80. The largest absolute Gasteiger partial charge is 0.392 e. The summed E-state index contributed by atoms with van der Waals surface area (Å²) in [6.07, 6.45) is 2.28. The van der Waals surface area contributed by atoms with Crippen LogP contribution in [0.2, 0.25) is 0 Å². The molecule has 1 saturated carbocycles. The van der Waals surface area contributed by atoms with Crippen LogP contribution >= 0.6 is 0 Å². The Kier molecular flexibility index (Phi) is 3.83. The Morgan fingerprint density at radius 1 is 1.28 bits per heavy atom. The number of likely N-dealkylation sites (tertiary alicyclic amines) is 1.